The van der Waals surface area contributed by atoms with E-state index >= 15 is 0 Å². The number of aryl methyl sites for hydroxylation is 1. The van der Waals surface area contributed by atoms with Crippen LogP contribution in [0.5, 0.6) is 0 Å². The van der Waals surface area contributed by atoms with Crippen LogP contribution in [0.3, 0.4) is 0 Å². The van der Waals surface area contributed by atoms with Gasteiger partial charge in [-0.2, -0.15) is 10.2 Å². The van der Waals surface area contributed by atoms with E-state index < -0.39 is 10.8 Å². The Morgan fingerprint density at radius 2 is 2.10 bits per heavy atom. The van der Waals surface area contributed by atoms with Crippen molar-refractivity contribution in [2.45, 2.75) is 33.9 Å². The van der Waals surface area contributed by atoms with E-state index in [4.69, 9.17) is 4.74 Å². The molecular weight excluding hydrogens is 414 g/mol. The lowest BCUT2D eigenvalue weighted by molar-refractivity contribution is -0.386. The van der Waals surface area contributed by atoms with Gasteiger partial charge in [0.2, 0.25) is 0 Å². The average Bonchev–Trinajstić information content (AvgIpc) is 3.36. The molecular formula is C17H19N7O5S. The molecule has 3 rings (SSSR count). The number of ether oxygens (including phenoxy) is 1. The molecule has 0 unspecified atom stereocenters. The highest BCUT2D eigenvalue weighted by atomic mass is 32.1. The topological polar surface area (TPSA) is 147 Å². The van der Waals surface area contributed by atoms with Crippen LogP contribution >= 0.6 is 11.3 Å². The van der Waals surface area contributed by atoms with E-state index in [1.165, 1.54) is 26.8 Å². The lowest BCUT2D eigenvalue weighted by Gasteiger charge is -2.03. The summed E-state index contributed by atoms with van der Waals surface area (Å²) in [5.41, 5.74) is 1.32. The van der Waals surface area contributed by atoms with E-state index in [1.54, 1.807) is 32.3 Å². The van der Waals surface area contributed by atoms with E-state index in [-0.39, 0.29) is 30.4 Å². The van der Waals surface area contributed by atoms with Crippen molar-refractivity contribution in [2.24, 2.45) is 0 Å². The van der Waals surface area contributed by atoms with Gasteiger partial charge in [0.05, 0.1) is 23.6 Å². The van der Waals surface area contributed by atoms with Crippen molar-refractivity contribution in [3.8, 4) is 0 Å². The van der Waals surface area contributed by atoms with Gasteiger partial charge in [-0.1, -0.05) is 0 Å². The van der Waals surface area contributed by atoms with Gasteiger partial charge in [-0.05, 0) is 26.8 Å². The van der Waals surface area contributed by atoms with Crippen LogP contribution in [-0.4, -0.2) is 48.0 Å². The molecule has 3 aromatic heterocycles. The second kappa shape index (κ2) is 8.82. The summed E-state index contributed by atoms with van der Waals surface area (Å²) in [5, 5.41) is 24.1. The molecule has 0 radical (unpaired) electrons. The van der Waals surface area contributed by atoms with Crippen molar-refractivity contribution < 1.29 is 19.2 Å². The first-order valence-electron chi connectivity index (χ1n) is 8.91. The number of hydrogen-bond acceptors (Lipinski definition) is 9. The van der Waals surface area contributed by atoms with E-state index in [2.05, 4.69) is 20.5 Å². The van der Waals surface area contributed by atoms with Gasteiger partial charge in [-0.25, -0.2) is 9.67 Å². The van der Waals surface area contributed by atoms with Crippen molar-refractivity contribution in [2.75, 3.05) is 11.9 Å². The number of carbonyl (C=O) groups is 2. The highest BCUT2D eigenvalue weighted by Crippen LogP contribution is 2.22. The quantitative estimate of drug-likeness (QED) is 0.322. The molecule has 3 aromatic rings. The van der Waals surface area contributed by atoms with Gasteiger partial charge in [0.1, 0.15) is 18.1 Å². The molecule has 0 aromatic carbocycles. The summed E-state index contributed by atoms with van der Waals surface area (Å²) in [6.45, 7) is 5.30. The molecule has 1 amide bonds. The highest BCUT2D eigenvalue weighted by Gasteiger charge is 2.22. The summed E-state index contributed by atoms with van der Waals surface area (Å²) in [4.78, 5) is 38.7. The third kappa shape index (κ3) is 4.68. The van der Waals surface area contributed by atoms with Gasteiger partial charge in [0, 0.05) is 11.6 Å². The first-order chi connectivity index (χ1) is 14.3. The van der Waals surface area contributed by atoms with Crippen molar-refractivity contribution >= 4 is 34.0 Å². The Hall–Kier alpha value is -3.61. The van der Waals surface area contributed by atoms with Crippen LogP contribution in [0.2, 0.25) is 0 Å². The number of nitrogens with zero attached hydrogens (tertiary/aromatic N) is 6. The minimum Gasteiger partial charge on any atom is -0.466 e. The van der Waals surface area contributed by atoms with Gasteiger partial charge in [-0.15, -0.1) is 11.3 Å². The lowest BCUT2D eigenvalue weighted by Crippen LogP contribution is -2.16. The molecule has 30 heavy (non-hydrogen) atoms. The number of amides is 1. The fraction of sp³-hybridized carbons (Fsp3) is 0.353. The smallest absolute Gasteiger partial charge is 0.312 e. The summed E-state index contributed by atoms with van der Waals surface area (Å²) in [7, 11) is 0. The highest BCUT2D eigenvalue weighted by molar-refractivity contribution is 7.14. The lowest BCUT2D eigenvalue weighted by atomic mass is 10.3. The second-order valence-corrected chi connectivity index (χ2v) is 7.10. The van der Waals surface area contributed by atoms with Crippen molar-refractivity contribution in [3.05, 3.63) is 50.5 Å². The van der Waals surface area contributed by atoms with Crippen molar-refractivity contribution in [1.29, 1.82) is 0 Å². The Bertz CT molecular complexity index is 1100. The van der Waals surface area contributed by atoms with Gasteiger partial charge in [0.15, 0.2) is 10.8 Å². The minimum atomic E-state index is -0.472. The van der Waals surface area contributed by atoms with Crippen LogP contribution < -0.4 is 5.32 Å². The molecule has 0 saturated heterocycles. The first-order valence-corrected chi connectivity index (χ1v) is 9.79. The van der Waals surface area contributed by atoms with E-state index in [0.717, 1.165) is 0 Å². The molecule has 0 spiro atoms. The maximum atomic E-state index is 12.4. The Labute approximate surface area is 174 Å². The van der Waals surface area contributed by atoms with Crippen LogP contribution in [0.25, 0.3) is 0 Å². The Morgan fingerprint density at radius 3 is 2.77 bits per heavy atom. The predicted molar refractivity (Wildman–Crippen MR) is 106 cm³/mol. The monoisotopic (exact) mass is 433 g/mol. The fourth-order valence-electron chi connectivity index (χ4n) is 2.75. The van der Waals surface area contributed by atoms with Crippen LogP contribution in [0.15, 0.2) is 17.6 Å². The Kier molecular flexibility index (Phi) is 6.20. The maximum Gasteiger partial charge on any atom is 0.312 e. The summed E-state index contributed by atoms with van der Waals surface area (Å²) in [5.74, 6) is -0.853. The Balaban J connectivity index is 1.64. The van der Waals surface area contributed by atoms with Crippen LogP contribution in [0.1, 0.15) is 34.5 Å². The summed E-state index contributed by atoms with van der Waals surface area (Å²) in [6, 6.07) is 1.52. The van der Waals surface area contributed by atoms with Gasteiger partial charge in [-0.3, -0.25) is 29.7 Å². The molecule has 0 aliphatic rings. The number of esters is 1. The average molecular weight is 433 g/mol. The molecule has 0 atom stereocenters. The number of hydrogen-bond donors (Lipinski definition) is 1. The minimum absolute atomic E-state index is 0.0314. The zero-order valence-electron chi connectivity index (χ0n) is 16.5. The zero-order valence-corrected chi connectivity index (χ0v) is 17.3. The van der Waals surface area contributed by atoms with E-state index in [9.17, 15) is 19.7 Å². The molecule has 12 nitrogen and oxygen atoms in total. The number of nitrogens with one attached hydrogen (secondary N) is 1. The third-order valence-corrected chi connectivity index (χ3v) is 4.89. The number of thiazole rings is 1. The number of rotatable bonds is 8. The maximum absolute atomic E-state index is 12.4. The van der Waals surface area contributed by atoms with E-state index in [0.29, 0.717) is 28.8 Å². The standard InChI is InChI=1S/C17H19N7O5S/c1-4-29-14(25)7-12-8-30-17(18-12)19-16(26)13-5-6-22(21-13)9-23-11(3)15(24(27)28)10(2)20-23/h5-6,8H,4,7,9H2,1-3H3,(H,18,19,26). The van der Waals surface area contributed by atoms with Crippen molar-refractivity contribution in [3.63, 3.8) is 0 Å². The van der Waals surface area contributed by atoms with Crippen LogP contribution in [0, 0.1) is 24.0 Å². The molecule has 158 valence electrons. The zero-order chi connectivity index (χ0) is 21.8. The molecule has 0 saturated carbocycles. The predicted octanol–water partition coefficient (Wildman–Crippen LogP) is 1.92. The first kappa shape index (κ1) is 21.1. The van der Waals surface area contributed by atoms with Crippen LogP contribution in [0.4, 0.5) is 10.8 Å². The second-order valence-electron chi connectivity index (χ2n) is 6.24. The molecule has 1 N–H and O–H groups in total. The van der Waals surface area contributed by atoms with Gasteiger partial charge in [0.25, 0.3) is 5.91 Å². The number of aromatic nitrogens is 5. The van der Waals surface area contributed by atoms with Crippen LogP contribution in [-0.2, 0) is 22.6 Å². The number of nitro groups is 1. The number of anilines is 1. The molecule has 0 aliphatic carbocycles. The molecule has 0 fully saturated rings. The van der Waals surface area contributed by atoms with E-state index in [1.807, 2.05) is 0 Å². The summed E-state index contributed by atoms with van der Waals surface area (Å²) < 4.78 is 7.77. The normalized spacial score (nSPS) is 10.8. The fourth-order valence-corrected chi connectivity index (χ4v) is 3.46. The number of carbonyl (C=O) groups excluding carboxylic acids is 2. The Morgan fingerprint density at radius 1 is 1.33 bits per heavy atom. The van der Waals surface area contributed by atoms with Gasteiger partial charge < -0.3 is 4.74 Å². The summed E-state index contributed by atoms with van der Waals surface area (Å²) >= 11 is 1.19. The largest absolute Gasteiger partial charge is 0.466 e. The third-order valence-electron chi connectivity index (χ3n) is 4.08. The van der Waals surface area contributed by atoms with Gasteiger partial charge >= 0.3 is 11.7 Å². The molecule has 3 heterocycles. The molecule has 0 aliphatic heterocycles. The SMILES string of the molecule is CCOC(=O)Cc1csc(NC(=O)c2ccn(Cn3nc(C)c([N+](=O)[O-])c3C)n2)n1. The molecule has 13 heteroatoms. The molecule has 0 bridgehead atoms. The van der Waals surface area contributed by atoms with Crippen molar-refractivity contribution in [1.82, 2.24) is 24.5 Å². The summed E-state index contributed by atoms with van der Waals surface area (Å²) in [6.07, 6.45) is 1.61.